The van der Waals surface area contributed by atoms with Crippen molar-refractivity contribution in [3.8, 4) is 0 Å². The summed E-state index contributed by atoms with van der Waals surface area (Å²) in [5, 5.41) is 17.0. The number of aromatic nitrogens is 2. The van der Waals surface area contributed by atoms with Crippen LogP contribution in [0.1, 0.15) is 12.8 Å². The molecule has 98 valence electrons. The minimum Gasteiger partial charge on any atom is -0.350 e. The van der Waals surface area contributed by atoms with Gasteiger partial charge in [-0.1, -0.05) is 0 Å². The summed E-state index contributed by atoms with van der Waals surface area (Å²) in [6.45, 7) is 0.382. The number of carbonyl (C=O) groups is 1. The van der Waals surface area contributed by atoms with Gasteiger partial charge in [0, 0.05) is 12.6 Å². The average Bonchev–Trinajstić information content (AvgIpc) is 3.06. The van der Waals surface area contributed by atoms with Gasteiger partial charge in [-0.15, -0.1) is 0 Å². The molecule has 1 aromatic rings. The normalized spacial score (nSPS) is 16.3. The lowest BCUT2D eigenvalue weighted by Gasteiger charge is -2.15. The van der Waals surface area contributed by atoms with Gasteiger partial charge in [0.25, 0.3) is 0 Å². The zero-order chi connectivity index (χ0) is 13.1. The molecule has 3 N–H and O–H groups in total. The minimum absolute atomic E-state index is 0.00282. The van der Waals surface area contributed by atoms with Crippen LogP contribution in [0.25, 0.3) is 0 Å². The van der Waals surface area contributed by atoms with Gasteiger partial charge in [0.15, 0.2) is 0 Å². The Kier molecular flexibility index (Phi) is 3.56. The van der Waals surface area contributed by atoms with Crippen molar-refractivity contribution in [2.75, 3.05) is 6.54 Å². The van der Waals surface area contributed by atoms with E-state index in [0.29, 0.717) is 12.5 Å². The number of amides is 1. The van der Waals surface area contributed by atoms with Gasteiger partial charge in [-0.05, 0) is 18.8 Å². The van der Waals surface area contributed by atoms with Crippen LogP contribution in [0.4, 0.5) is 5.69 Å². The van der Waals surface area contributed by atoms with Gasteiger partial charge in [0.05, 0.1) is 4.92 Å². The van der Waals surface area contributed by atoms with Crippen molar-refractivity contribution in [3.63, 3.8) is 0 Å². The molecule has 0 spiro atoms. The first kappa shape index (κ1) is 12.5. The summed E-state index contributed by atoms with van der Waals surface area (Å²) in [5.74, 6) is 0.251. The quantitative estimate of drug-likeness (QED) is 0.530. The van der Waals surface area contributed by atoms with Crippen LogP contribution < -0.4 is 11.1 Å². The Morgan fingerprint density at radius 2 is 2.44 bits per heavy atom. The molecule has 0 radical (unpaired) electrons. The molecule has 8 heteroatoms. The molecule has 2 rings (SSSR count). The average molecular weight is 253 g/mol. The van der Waals surface area contributed by atoms with Gasteiger partial charge in [0.2, 0.25) is 5.91 Å². The molecule has 1 aliphatic rings. The first-order chi connectivity index (χ1) is 8.60. The van der Waals surface area contributed by atoms with Crippen LogP contribution in [0.2, 0.25) is 0 Å². The molecule has 1 heterocycles. The van der Waals surface area contributed by atoms with Crippen LogP contribution >= 0.6 is 0 Å². The summed E-state index contributed by atoms with van der Waals surface area (Å²) in [5.41, 5.74) is 5.45. The lowest BCUT2D eigenvalue weighted by atomic mass is 10.2. The first-order valence-electron chi connectivity index (χ1n) is 5.76. The van der Waals surface area contributed by atoms with E-state index in [0.717, 1.165) is 19.0 Å². The van der Waals surface area contributed by atoms with Crippen molar-refractivity contribution in [3.05, 3.63) is 22.5 Å². The Labute approximate surface area is 103 Å². The van der Waals surface area contributed by atoms with Crippen molar-refractivity contribution >= 4 is 11.6 Å². The predicted octanol–water partition coefficient (Wildman–Crippen LogP) is -0.355. The Hall–Kier alpha value is -1.96. The molecule has 0 aromatic carbocycles. The van der Waals surface area contributed by atoms with Crippen LogP contribution in [0.5, 0.6) is 0 Å². The van der Waals surface area contributed by atoms with E-state index in [-0.39, 0.29) is 24.2 Å². The number of nitro groups is 1. The molecule has 1 aliphatic carbocycles. The summed E-state index contributed by atoms with van der Waals surface area (Å²) >= 11 is 0. The molecule has 1 amide bonds. The van der Waals surface area contributed by atoms with E-state index in [1.165, 1.54) is 10.9 Å². The molecule has 18 heavy (non-hydrogen) atoms. The van der Waals surface area contributed by atoms with E-state index in [1.54, 1.807) is 0 Å². The van der Waals surface area contributed by atoms with E-state index in [2.05, 4.69) is 10.4 Å². The maximum Gasteiger partial charge on any atom is 0.307 e. The van der Waals surface area contributed by atoms with Crippen LogP contribution in [0.3, 0.4) is 0 Å². The number of nitrogens with one attached hydrogen (secondary N) is 1. The molecule has 1 fully saturated rings. The maximum atomic E-state index is 11.7. The summed E-state index contributed by atoms with van der Waals surface area (Å²) in [6, 6.07) is 0.00282. The Balaban J connectivity index is 1.87. The summed E-state index contributed by atoms with van der Waals surface area (Å²) in [4.78, 5) is 21.6. The molecule has 0 bridgehead atoms. The zero-order valence-electron chi connectivity index (χ0n) is 9.78. The Morgan fingerprint density at radius 1 is 1.72 bits per heavy atom. The number of nitrogens with two attached hydrogens (primary N) is 1. The van der Waals surface area contributed by atoms with Crippen LogP contribution in [0, 0.1) is 16.0 Å². The van der Waals surface area contributed by atoms with Gasteiger partial charge >= 0.3 is 5.69 Å². The van der Waals surface area contributed by atoms with Gasteiger partial charge in [-0.25, -0.2) is 0 Å². The molecule has 1 saturated carbocycles. The smallest absolute Gasteiger partial charge is 0.307 e. The fourth-order valence-corrected chi connectivity index (χ4v) is 1.80. The highest BCUT2D eigenvalue weighted by Gasteiger charge is 2.31. The van der Waals surface area contributed by atoms with Crippen LogP contribution in [-0.2, 0) is 11.3 Å². The highest BCUT2D eigenvalue weighted by Crippen LogP contribution is 2.32. The number of hydrogen-bond acceptors (Lipinski definition) is 5. The second kappa shape index (κ2) is 5.13. The Morgan fingerprint density at radius 3 is 2.94 bits per heavy atom. The first-order valence-corrected chi connectivity index (χ1v) is 5.76. The third-order valence-corrected chi connectivity index (χ3v) is 2.93. The lowest BCUT2D eigenvalue weighted by Crippen LogP contribution is -2.43. The number of nitrogens with zero attached hydrogens (tertiary/aromatic N) is 3. The molecule has 0 saturated heterocycles. The molecule has 0 aliphatic heterocycles. The molecule has 1 unspecified atom stereocenters. The summed E-state index contributed by atoms with van der Waals surface area (Å²) < 4.78 is 1.24. The topological polar surface area (TPSA) is 116 Å². The second-order valence-electron chi connectivity index (χ2n) is 4.40. The lowest BCUT2D eigenvalue weighted by molar-refractivity contribution is -0.385. The van der Waals surface area contributed by atoms with E-state index < -0.39 is 4.92 Å². The third kappa shape index (κ3) is 3.04. The second-order valence-corrected chi connectivity index (χ2v) is 4.40. The monoisotopic (exact) mass is 253 g/mol. The summed E-state index contributed by atoms with van der Waals surface area (Å²) in [7, 11) is 0. The molecular formula is C10H15N5O3. The van der Waals surface area contributed by atoms with Crippen molar-refractivity contribution in [2.45, 2.75) is 25.4 Å². The minimum atomic E-state index is -0.547. The predicted molar refractivity (Wildman–Crippen MR) is 62.6 cm³/mol. The number of carbonyl (C=O) groups excluding carboxylic acids is 1. The fourth-order valence-electron chi connectivity index (χ4n) is 1.80. The Bertz CT molecular complexity index is 454. The maximum absolute atomic E-state index is 11.7. The molecular weight excluding hydrogens is 238 g/mol. The van der Waals surface area contributed by atoms with Crippen molar-refractivity contribution < 1.29 is 9.72 Å². The standard InChI is InChI=1S/C10H15N5O3/c11-3-9(7-1-2-7)13-10(16)6-14-5-8(4-12-14)15(17)18/h4-5,7,9H,1-3,6,11H2,(H,13,16). The van der Waals surface area contributed by atoms with Crippen molar-refractivity contribution in [1.82, 2.24) is 15.1 Å². The van der Waals surface area contributed by atoms with Gasteiger partial charge in [0.1, 0.15) is 18.9 Å². The van der Waals surface area contributed by atoms with Gasteiger partial charge in [-0.3, -0.25) is 19.6 Å². The largest absolute Gasteiger partial charge is 0.350 e. The highest BCUT2D eigenvalue weighted by molar-refractivity contribution is 5.76. The van der Waals surface area contributed by atoms with Gasteiger partial charge in [-0.2, -0.15) is 5.10 Å². The van der Waals surface area contributed by atoms with Crippen molar-refractivity contribution in [2.24, 2.45) is 11.7 Å². The number of hydrogen-bond donors (Lipinski definition) is 2. The van der Waals surface area contributed by atoms with E-state index in [1.807, 2.05) is 0 Å². The highest BCUT2D eigenvalue weighted by atomic mass is 16.6. The van der Waals surface area contributed by atoms with Crippen LogP contribution in [-0.4, -0.2) is 33.2 Å². The van der Waals surface area contributed by atoms with Gasteiger partial charge < -0.3 is 11.1 Å². The van der Waals surface area contributed by atoms with E-state index in [9.17, 15) is 14.9 Å². The fraction of sp³-hybridized carbons (Fsp3) is 0.600. The molecule has 1 aromatic heterocycles. The number of rotatable bonds is 6. The molecule has 1 atom stereocenters. The van der Waals surface area contributed by atoms with Crippen molar-refractivity contribution in [1.29, 1.82) is 0 Å². The van der Waals surface area contributed by atoms with Crippen LogP contribution in [0.15, 0.2) is 12.4 Å². The molecule has 8 nitrogen and oxygen atoms in total. The van der Waals surface area contributed by atoms with E-state index >= 15 is 0 Å². The summed E-state index contributed by atoms with van der Waals surface area (Å²) in [6.07, 6.45) is 4.54. The zero-order valence-corrected chi connectivity index (χ0v) is 9.78. The third-order valence-electron chi connectivity index (χ3n) is 2.93. The van der Waals surface area contributed by atoms with E-state index in [4.69, 9.17) is 5.73 Å². The SMILES string of the molecule is NCC(NC(=O)Cn1cc([N+](=O)[O-])cn1)C1CC1.